The molecule has 1 aromatic rings. The van der Waals surface area contributed by atoms with Gasteiger partial charge in [0.1, 0.15) is 5.82 Å². The molecule has 0 unspecified atom stereocenters. The van der Waals surface area contributed by atoms with Crippen LogP contribution in [0.2, 0.25) is 5.02 Å². The molecule has 2 N–H and O–H groups in total. The highest BCUT2D eigenvalue weighted by atomic mass is 35.5. The van der Waals surface area contributed by atoms with E-state index in [4.69, 9.17) is 17.3 Å². The highest BCUT2D eigenvalue weighted by Gasteiger charge is 2.09. The van der Waals surface area contributed by atoms with Gasteiger partial charge in [-0.15, -0.1) is 0 Å². The monoisotopic (exact) mass is 241 g/mol. The molecule has 0 spiro atoms. The Hall–Kier alpha value is -0.800. The molecule has 1 heterocycles. The van der Waals surface area contributed by atoms with Crippen LogP contribution < -0.4 is 10.6 Å². The number of hydrogen-bond acceptors (Lipinski definition) is 3. The van der Waals surface area contributed by atoms with Crippen molar-refractivity contribution in [3.8, 4) is 0 Å². The third-order valence-corrected chi connectivity index (χ3v) is 2.73. The smallest absolute Gasteiger partial charge is 0.128 e. The minimum Gasteiger partial charge on any atom is -0.357 e. The molecule has 0 aromatic carbocycles. The van der Waals surface area contributed by atoms with Gasteiger partial charge in [0.25, 0.3) is 0 Å². The van der Waals surface area contributed by atoms with Crippen LogP contribution in [0.5, 0.6) is 0 Å². The second kappa shape index (κ2) is 6.06. The number of anilines is 1. The summed E-state index contributed by atoms with van der Waals surface area (Å²) in [6, 6.07) is 3.82. The Balaban J connectivity index is 2.92. The van der Waals surface area contributed by atoms with E-state index < -0.39 is 0 Å². The minimum absolute atomic E-state index is 0.381. The van der Waals surface area contributed by atoms with E-state index in [1.165, 1.54) is 0 Å². The van der Waals surface area contributed by atoms with Crippen LogP contribution in [0.4, 0.5) is 5.82 Å². The van der Waals surface area contributed by atoms with Gasteiger partial charge in [0.05, 0.1) is 10.7 Å². The van der Waals surface area contributed by atoms with Crippen molar-refractivity contribution in [2.24, 2.45) is 11.7 Å². The second-order valence-electron chi connectivity index (χ2n) is 4.23. The number of nitrogens with zero attached hydrogens (tertiary/aromatic N) is 2. The van der Waals surface area contributed by atoms with Gasteiger partial charge in [0.15, 0.2) is 0 Å². The first-order valence-corrected chi connectivity index (χ1v) is 6.06. The van der Waals surface area contributed by atoms with Crippen LogP contribution in [-0.4, -0.2) is 18.1 Å². The van der Waals surface area contributed by atoms with Crippen LogP contribution in [0.3, 0.4) is 0 Å². The third-order valence-electron chi connectivity index (χ3n) is 2.39. The molecule has 0 radical (unpaired) electrons. The molecular weight excluding hydrogens is 222 g/mol. The van der Waals surface area contributed by atoms with E-state index in [1.54, 1.807) is 0 Å². The number of rotatable bonds is 5. The molecule has 0 bridgehead atoms. The lowest BCUT2D eigenvalue weighted by atomic mass is 10.2. The summed E-state index contributed by atoms with van der Waals surface area (Å²) in [6.45, 7) is 8.84. The van der Waals surface area contributed by atoms with Gasteiger partial charge in [0.2, 0.25) is 0 Å². The van der Waals surface area contributed by atoms with E-state index in [2.05, 4.69) is 30.7 Å². The molecule has 0 aliphatic heterocycles. The fourth-order valence-electron chi connectivity index (χ4n) is 1.62. The van der Waals surface area contributed by atoms with E-state index in [0.29, 0.717) is 17.5 Å². The summed E-state index contributed by atoms with van der Waals surface area (Å²) < 4.78 is 0. The van der Waals surface area contributed by atoms with Crippen molar-refractivity contribution >= 4 is 17.4 Å². The van der Waals surface area contributed by atoms with Gasteiger partial charge < -0.3 is 10.6 Å². The molecule has 90 valence electrons. The van der Waals surface area contributed by atoms with Gasteiger partial charge in [-0.1, -0.05) is 25.4 Å². The molecule has 0 amide bonds. The molecule has 4 heteroatoms. The maximum absolute atomic E-state index is 5.99. The highest BCUT2D eigenvalue weighted by molar-refractivity contribution is 6.31. The minimum atomic E-state index is 0.381. The largest absolute Gasteiger partial charge is 0.357 e. The number of pyridine rings is 1. The molecule has 1 aromatic heterocycles. The topological polar surface area (TPSA) is 42.1 Å². The zero-order chi connectivity index (χ0) is 12.1. The molecule has 0 fully saturated rings. The van der Waals surface area contributed by atoms with Crippen LogP contribution in [0.25, 0.3) is 0 Å². The van der Waals surface area contributed by atoms with Crippen molar-refractivity contribution in [3.63, 3.8) is 0 Å². The van der Waals surface area contributed by atoms with Crippen molar-refractivity contribution in [2.75, 3.05) is 18.0 Å². The first-order valence-electron chi connectivity index (χ1n) is 5.68. The third kappa shape index (κ3) is 3.35. The summed E-state index contributed by atoms with van der Waals surface area (Å²) in [5, 5.41) is 0.645. The Morgan fingerprint density at radius 1 is 1.44 bits per heavy atom. The Labute approximate surface area is 103 Å². The van der Waals surface area contributed by atoms with Gasteiger partial charge in [-0.25, -0.2) is 4.98 Å². The lowest BCUT2D eigenvalue weighted by Gasteiger charge is -2.24. The fourth-order valence-corrected chi connectivity index (χ4v) is 1.80. The molecular formula is C12H20ClN3. The van der Waals surface area contributed by atoms with Crippen molar-refractivity contribution in [1.29, 1.82) is 0 Å². The van der Waals surface area contributed by atoms with E-state index in [0.717, 1.165) is 24.6 Å². The molecule has 3 nitrogen and oxygen atoms in total. The summed E-state index contributed by atoms with van der Waals surface area (Å²) in [7, 11) is 0. The summed E-state index contributed by atoms with van der Waals surface area (Å²) in [5.41, 5.74) is 6.36. The van der Waals surface area contributed by atoms with E-state index in [1.807, 2.05) is 12.1 Å². The zero-order valence-corrected chi connectivity index (χ0v) is 11.0. The number of halogens is 1. The van der Waals surface area contributed by atoms with Crippen molar-refractivity contribution in [2.45, 2.75) is 27.3 Å². The summed E-state index contributed by atoms with van der Waals surface area (Å²) in [4.78, 5) is 6.72. The van der Waals surface area contributed by atoms with E-state index in [9.17, 15) is 0 Å². The Morgan fingerprint density at radius 2 is 2.12 bits per heavy atom. The van der Waals surface area contributed by atoms with Crippen molar-refractivity contribution < 1.29 is 0 Å². The summed E-state index contributed by atoms with van der Waals surface area (Å²) >= 11 is 5.99. The van der Waals surface area contributed by atoms with Gasteiger partial charge in [-0.05, 0) is 25.0 Å². The van der Waals surface area contributed by atoms with Gasteiger partial charge >= 0.3 is 0 Å². The highest BCUT2D eigenvalue weighted by Crippen LogP contribution is 2.19. The molecule has 0 atom stereocenters. The van der Waals surface area contributed by atoms with Crippen LogP contribution in [-0.2, 0) is 6.54 Å². The van der Waals surface area contributed by atoms with Crippen LogP contribution in [0.1, 0.15) is 26.5 Å². The molecule has 16 heavy (non-hydrogen) atoms. The maximum Gasteiger partial charge on any atom is 0.128 e. The normalized spacial score (nSPS) is 10.9. The van der Waals surface area contributed by atoms with Gasteiger partial charge in [-0.3, -0.25) is 0 Å². The van der Waals surface area contributed by atoms with E-state index in [-0.39, 0.29) is 0 Å². The lowest BCUT2D eigenvalue weighted by Crippen LogP contribution is -2.28. The second-order valence-corrected chi connectivity index (χ2v) is 4.64. The zero-order valence-electron chi connectivity index (χ0n) is 10.2. The average Bonchev–Trinajstić information content (AvgIpc) is 2.26. The predicted octanol–water partition coefficient (Wildman–Crippen LogP) is 2.68. The summed E-state index contributed by atoms with van der Waals surface area (Å²) in [5.74, 6) is 1.57. The molecule has 1 rings (SSSR count). The number of aromatic nitrogens is 1. The Kier molecular flexibility index (Phi) is 5.03. The summed E-state index contributed by atoms with van der Waals surface area (Å²) in [6.07, 6.45) is 0. The van der Waals surface area contributed by atoms with E-state index >= 15 is 0 Å². The Bertz CT molecular complexity index is 339. The van der Waals surface area contributed by atoms with Crippen molar-refractivity contribution in [3.05, 3.63) is 22.8 Å². The molecule has 0 saturated carbocycles. The van der Waals surface area contributed by atoms with Crippen molar-refractivity contribution in [1.82, 2.24) is 4.98 Å². The van der Waals surface area contributed by atoms with Crippen LogP contribution in [0, 0.1) is 5.92 Å². The van der Waals surface area contributed by atoms with Gasteiger partial charge in [-0.2, -0.15) is 0 Å². The van der Waals surface area contributed by atoms with Crippen LogP contribution in [0.15, 0.2) is 12.1 Å². The first-order chi connectivity index (χ1) is 7.58. The maximum atomic E-state index is 5.99. The first kappa shape index (κ1) is 13.3. The number of nitrogens with two attached hydrogens (primary N) is 1. The van der Waals surface area contributed by atoms with Gasteiger partial charge in [0, 0.05) is 19.6 Å². The van der Waals surface area contributed by atoms with Crippen LogP contribution >= 0.6 is 11.6 Å². The number of hydrogen-bond donors (Lipinski definition) is 1. The fraction of sp³-hybridized carbons (Fsp3) is 0.583. The lowest BCUT2D eigenvalue weighted by molar-refractivity contribution is 0.613. The average molecular weight is 242 g/mol. The standard InChI is InChI=1S/C12H20ClN3/c1-4-16(8-9(2)3)12-6-5-10(13)11(7-14)15-12/h5-6,9H,4,7-8,14H2,1-3H3. The molecule has 0 saturated heterocycles. The predicted molar refractivity (Wildman–Crippen MR) is 69.9 cm³/mol. The molecule has 0 aliphatic carbocycles. The SMILES string of the molecule is CCN(CC(C)C)c1ccc(Cl)c(CN)n1. The molecule has 0 aliphatic rings. The Morgan fingerprint density at radius 3 is 2.62 bits per heavy atom. The quantitative estimate of drug-likeness (QED) is 0.862.